The molecule has 4 aromatic rings. The lowest BCUT2D eigenvalue weighted by Gasteiger charge is -2.11. The number of anilines is 2. The number of aromatic nitrogens is 4. The Hall–Kier alpha value is -3.53. The zero-order chi connectivity index (χ0) is 22.9. The van der Waals surface area contributed by atoms with E-state index in [4.69, 9.17) is 0 Å². The highest BCUT2D eigenvalue weighted by Crippen LogP contribution is 2.33. The molecule has 0 atom stereocenters. The van der Waals surface area contributed by atoms with Crippen LogP contribution in [0.5, 0.6) is 0 Å². The molecule has 1 aromatic carbocycles. The highest BCUT2D eigenvalue weighted by atomic mass is 32.2. The molecule has 3 N–H and O–H groups in total. The van der Waals surface area contributed by atoms with E-state index in [2.05, 4.69) is 30.0 Å². The van der Waals surface area contributed by atoms with Crippen molar-refractivity contribution in [3.8, 4) is 0 Å². The van der Waals surface area contributed by atoms with Crippen LogP contribution in [0.2, 0.25) is 0 Å². The van der Waals surface area contributed by atoms with Crippen LogP contribution in [-0.2, 0) is 0 Å². The first-order valence-corrected chi connectivity index (χ1v) is 11.3. The number of hydrogen-bond donors (Lipinski definition) is 3. The fourth-order valence-electron chi connectivity index (χ4n) is 3.48. The Morgan fingerprint density at radius 1 is 1.21 bits per heavy atom. The van der Waals surface area contributed by atoms with Crippen molar-refractivity contribution < 1.29 is 13.6 Å². The number of fused-ring (bicyclic) bond motifs is 1. The smallest absolute Gasteiger partial charge is 0.201 e. The standard InChI is InChI=1S/C23H20F2N6OS/c1-12-6-7-26-17(8-12)33-31-16-5-4-15(24)19(20(16)25)21(32)14-10-28-23-18(14)22(29-11-30-23)27-9-13-2-3-13/h4-8,10-11,13,31H,2-3,9H2,1H3,(H2,27,28,29,30). The van der Waals surface area contributed by atoms with Gasteiger partial charge in [-0.3, -0.25) is 4.79 Å². The van der Waals surface area contributed by atoms with Crippen molar-refractivity contribution in [3.05, 3.63) is 71.3 Å². The second-order valence-corrected chi connectivity index (χ2v) is 8.79. The van der Waals surface area contributed by atoms with Gasteiger partial charge < -0.3 is 15.0 Å². The van der Waals surface area contributed by atoms with E-state index in [0.29, 0.717) is 27.8 Å². The molecule has 168 valence electrons. The number of nitrogens with one attached hydrogen (secondary N) is 3. The number of aryl methyl sites for hydroxylation is 1. The van der Waals surface area contributed by atoms with Gasteiger partial charge in [0.05, 0.1) is 22.2 Å². The topological polar surface area (TPSA) is 95.6 Å². The van der Waals surface area contributed by atoms with Crippen molar-refractivity contribution in [3.63, 3.8) is 0 Å². The van der Waals surface area contributed by atoms with Gasteiger partial charge in [-0.05, 0) is 55.5 Å². The summed E-state index contributed by atoms with van der Waals surface area (Å²) >= 11 is 1.07. The molecule has 1 aliphatic rings. The molecule has 10 heteroatoms. The molecule has 1 saturated carbocycles. The number of halogens is 2. The Bertz CT molecular complexity index is 1350. The molecule has 0 saturated heterocycles. The summed E-state index contributed by atoms with van der Waals surface area (Å²) in [7, 11) is 0. The minimum atomic E-state index is -0.973. The number of carbonyl (C=O) groups is 1. The Labute approximate surface area is 192 Å². The predicted octanol–water partition coefficient (Wildman–Crippen LogP) is 5.11. The highest BCUT2D eigenvalue weighted by Gasteiger charge is 2.27. The van der Waals surface area contributed by atoms with Crippen LogP contribution in [0.25, 0.3) is 11.0 Å². The molecule has 0 radical (unpaired) electrons. The molecule has 0 unspecified atom stereocenters. The van der Waals surface area contributed by atoms with E-state index in [-0.39, 0.29) is 11.3 Å². The number of H-pyrrole nitrogens is 1. The third-order valence-electron chi connectivity index (χ3n) is 5.44. The molecule has 0 aliphatic heterocycles. The number of rotatable bonds is 8. The van der Waals surface area contributed by atoms with Gasteiger partial charge in [0.1, 0.15) is 28.6 Å². The summed E-state index contributed by atoms with van der Waals surface area (Å²) in [5, 5.41) is 4.27. The highest BCUT2D eigenvalue weighted by molar-refractivity contribution is 8.00. The Balaban J connectivity index is 1.47. The number of nitrogens with zero attached hydrogens (tertiary/aromatic N) is 3. The monoisotopic (exact) mass is 466 g/mol. The molecular weight excluding hydrogens is 446 g/mol. The molecule has 3 heterocycles. The summed E-state index contributed by atoms with van der Waals surface area (Å²) in [5.41, 5.74) is 0.860. The van der Waals surface area contributed by atoms with Gasteiger partial charge in [-0.15, -0.1) is 0 Å². The van der Waals surface area contributed by atoms with E-state index >= 15 is 4.39 Å². The lowest BCUT2D eigenvalue weighted by atomic mass is 10.0. The van der Waals surface area contributed by atoms with Gasteiger partial charge >= 0.3 is 0 Å². The van der Waals surface area contributed by atoms with Crippen LogP contribution in [0, 0.1) is 24.5 Å². The average molecular weight is 467 g/mol. The maximum atomic E-state index is 15.3. The molecule has 1 aliphatic carbocycles. The molecule has 1 fully saturated rings. The molecule has 5 rings (SSSR count). The van der Waals surface area contributed by atoms with Crippen molar-refractivity contribution in [2.75, 3.05) is 16.6 Å². The van der Waals surface area contributed by atoms with Gasteiger partial charge in [0.25, 0.3) is 0 Å². The maximum Gasteiger partial charge on any atom is 0.201 e. The van der Waals surface area contributed by atoms with E-state index in [1.54, 1.807) is 6.20 Å². The van der Waals surface area contributed by atoms with Gasteiger partial charge in [0.15, 0.2) is 5.82 Å². The maximum absolute atomic E-state index is 15.3. The van der Waals surface area contributed by atoms with Crippen LogP contribution in [0.15, 0.2) is 48.0 Å². The van der Waals surface area contributed by atoms with E-state index in [0.717, 1.165) is 43.0 Å². The zero-order valence-corrected chi connectivity index (χ0v) is 18.5. The quantitative estimate of drug-likeness (QED) is 0.245. The van der Waals surface area contributed by atoms with Gasteiger partial charge in [0, 0.05) is 30.9 Å². The van der Waals surface area contributed by atoms with E-state index in [9.17, 15) is 9.18 Å². The molecule has 33 heavy (non-hydrogen) atoms. The molecule has 0 bridgehead atoms. The number of pyridine rings is 1. The zero-order valence-electron chi connectivity index (χ0n) is 17.7. The normalized spacial score (nSPS) is 13.3. The summed E-state index contributed by atoms with van der Waals surface area (Å²) in [4.78, 5) is 28.8. The molecular formula is C23H20F2N6OS. The molecule has 7 nitrogen and oxygen atoms in total. The first kappa shape index (κ1) is 21.3. The first-order chi connectivity index (χ1) is 16.0. The fraction of sp³-hybridized carbons (Fsp3) is 0.217. The van der Waals surface area contributed by atoms with Crippen molar-refractivity contribution >= 4 is 40.3 Å². The Morgan fingerprint density at radius 2 is 2.06 bits per heavy atom. The second-order valence-electron chi connectivity index (χ2n) is 7.96. The number of carbonyl (C=O) groups excluding carboxylic acids is 1. The number of aromatic amines is 1. The first-order valence-electron chi connectivity index (χ1n) is 10.5. The summed E-state index contributed by atoms with van der Waals surface area (Å²) in [6, 6.07) is 6.00. The SMILES string of the molecule is Cc1ccnc(SNc2ccc(F)c(C(=O)c3c[nH]c4ncnc(NCC5CC5)c34)c2F)c1. The van der Waals surface area contributed by atoms with Gasteiger partial charge in [-0.25, -0.2) is 23.7 Å². The van der Waals surface area contributed by atoms with Crippen molar-refractivity contribution in [1.29, 1.82) is 0 Å². The number of benzene rings is 1. The van der Waals surface area contributed by atoms with Crippen molar-refractivity contribution in [1.82, 2.24) is 19.9 Å². The molecule has 0 spiro atoms. The van der Waals surface area contributed by atoms with Crippen LogP contribution in [-0.4, -0.2) is 32.3 Å². The molecule has 0 amide bonds. The lowest BCUT2D eigenvalue weighted by Crippen LogP contribution is -2.11. The van der Waals surface area contributed by atoms with Crippen LogP contribution in [0.4, 0.5) is 20.3 Å². The predicted molar refractivity (Wildman–Crippen MR) is 123 cm³/mol. The van der Waals surface area contributed by atoms with E-state index in [1.165, 1.54) is 18.6 Å². The fourth-order valence-corrected chi connectivity index (χ4v) is 4.22. The van der Waals surface area contributed by atoms with E-state index < -0.39 is 23.0 Å². The minimum Gasteiger partial charge on any atom is -0.369 e. The number of hydrogen-bond acceptors (Lipinski definition) is 7. The van der Waals surface area contributed by atoms with E-state index in [1.807, 2.05) is 19.1 Å². The Kier molecular flexibility index (Phi) is 5.67. The molecule has 3 aromatic heterocycles. The summed E-state index contributed by atoms with van der Waals surface area (Å²) in [6.45, 7) is 2.64. The summed E-state index contributed by atoms with van der Waals surface area (Å²) < 4.78 is 32.8. The van der Waals surface area contributed by atoms with Gasteiger partial charge in [-0.2, -0.15) is 0 Å². The lowest BCUT2D eigenvalue weighted by molar-refractivity contribution is 0.103. The van der Waals surface area contributed by atoms with Gasteiger partial charge in [0.2, 0.25) is 5.78 Å². The van der Waals surface area contributed by atoms with Crippen LogP contribution in [0.1, 0.15) is 34.3 Å². The van der Waals surface area contributed by atoms with Gasteiger partial charge in [-0.1, -0.05) is 0 Å². The second kappa shape index (κ2) is 8.78. The third kappa shape index (κ3) is 4.38. The minimum absolute atomic E-state index is 0.0174. The van der Waals surface area contributed by atoms with Crippen LogP contribution in [0.3, 0.4) is 0 Å². The van der Waals surface area contributed by atoms with Crippen LogP contribution >= 0.6 is 11.9 Å². The van der Waals surface area contributed by atoms with Crippen molar-refractivity contribution in [2.24, 2.45) is 5.92 Å². The largest absolute Gasteiger partial charge is 0.369 e. The average Bonchev–Trinajstić information content (AvgIpc) is 3.53. The number of ketones is 1. The summed E-state index contributed by atoms with van der Waals surface area (Å²) in [6.07, 6.45) is 6.72. The third-order valence-corrected chi connectivity index (χ3v) is 6.20. The van der Waals surface area contributed by atoms with Crippen molar-refractivity contribution in [2.45, 2.75) is 24.8 Å². The van der Waals surface area contributed by atoms with Crippen LogP contribution < -0.4 is 10.0 Å². The summed E-state index contributed by atoms with van der Waals surface area (Å²) in [5.74, 6) is -1.67. The Morgan fingerprint density at radius 3 is 2.85 bits per heavy atom.